The normalized spacial score (nSPS) is 10.6. The molecule has 0 aliphatic heterocycles. The van der Waals surface area contributed by atoms with E-state index in [2.05, 4.69) is 9.97 Å². The fraction of sp³-hybridized carbons (Fsp3) is 0. The molecule has 2 aromatic rings. The van der Waals surface area contributed by atoms with Crippen LogP contribution >= 0.6 is 0 Å². The van der Waals surface area contributed by atoms with Gasteiger partial charge in [0.15, 0.2) is 5.82 Å². The highest BCUT2D eigenvalue weighted by Gasteiger charge is 1.99. The van der Waals surface area contributed by atoms with Crippen molar-refractivity contribution in [2.24, 2.45) is 0 Å². The molecular formula is C13H10N2O2. The lowest BCUT2D eigenvalue weighted by molar-refractivity contribution is -0.131. The summed E-state index contributed by atoms with van der Waals surface area (Å²) < 4.78 is 0. The summed E-state index contributed by atoms with van der Waals surface area (Å²) in [4.78, 5) is 18.6. The summed E-state index contributed by atoms with van der Waals surface area (Å²) in [7, 11) is 0. The Kier molecular flexibility index (Phi) is 3.25. The van der Waals surface area contributed by atoms with Gasteiger partial charge in [0.05, 0.1) is 5.69 Å². The first-order valence-electron chi connectivity index (χ1n) is 5.05. The van der Waals surface area contributed by atoms with E-state index in [9.17, 15) is 4.79 Å². The molecule has 17 heavy (non-hydrogen) atoms. The van der Waals surface area contributed by atoms with Crippen LogP contribution < -0.4 is 0 Å². The number of aromatic nitrogens is 2. The molecule has 1 N–H and O–H groups in total. The quantitative estimate of drug-likeness (QED) is 0.815. The van der Waals surface area contributed by atoms with Gasteiger partial charge in [0.25, 0.3) is 0 Å². The highest BCUT2D eigenvalue weighted by molar-refractivity contribution is 5.84. The van der Waals surface area contributed by atoms with Crippen molar-refractivity contribution >= 4 is 12.0 Å². The summed E-state index contributed by atoms with van der Waals surface area (Å²) >= 11 is 0. The van der Waals surface area contributed by atoms with Gasteiger partial charge in [-0.2, -0.15) is 0 Å². The van der Waals surface area contributed by atoms with E-state index in [0.717, 1.165) is 17.3 Å². The molecule has 1 aromatic heterocycles. The average molecular weight is 226 g/mol. The number of rotatable bonds is 3. The maximum Gasteiger partial charge on any atom is 0.328 e. The molecule has 4 nitrogen and oxygen atoms in total. The molecule has 0 saturated heterocycles. The van der Waals surface area contributed by atoms with Crippen molar-refractivity contribution in [1.82, 2.24) is 9.97 Å². The Morgan fingerprint density at radius 1 is 1.18 bits per heavy atom. The second-order valence-corrected chi connectivity index (χ2v) is 3.34. The molecule has 0 aliphatic rings. The molecule has 1 aromatic carbocycles. The van der Waals surface area contributed by atoms with Crippen LogP contribution in [0.15, 0.2) is 48.7 Å². The molecule has 0 spiro atoms. The van der Waals surface area contributed by atoms with Crippen LogP contribution in [0, 0.1) is 0 Å². The zero-order valence-corrected chi connectivity index (χ0v) is 8.95. The molecule has 2 rings (SSSR count). The molecule has 84 valence electrons. The zero-order chi connectivity index (χ0) is 12.1. The highest BCUT2D eigenvalue weighted by Crippen LogP contribution is 2.15. The van der Waals surface area contributed by atoms with Crippen LogP contribution in [-0.2, 0) is 4.79 Å². The maximum atomic E-state index is 10.4. The van der Waals surface area contributed by atoms with Crippen molar-refractivity contribution in [1.29, 1.82) is 0 Å². The Morgan fingerprint density at radius 2 is 1.94 bits per heavy atom. The molecular weight excluding hydrogens is 216 g/mol. The van der Waals surface area contributed by atoms with Gasteiger partial charge in [-0.15, -0.1) is 0 Å². The maximum absolute atomic E-state index is 10.4. The van der Waals surface area contributed by atoms with Gasteiger partial charge in [0, 0.05) is 17.8 Å². The average Bonchev–Trinajstić information content (AvgIpc) is 2.38. The van der Waals surface area contributed by atoms with Gasteiger partial charge in [-0.3, -0.25) is 0 Å². The SMILES string of the molecule is O=C(O)/C=C/c1nccc(-c2ccccc2)n1. The third kappa shape index (κ3) is 2.98. The smallest absolute Gasteiger partial charge is 0.328 e. The summed E-state index contributed by atoms with van der Waals surface area (Å²) in [6, 6.07) is 11.4. The molecule has 0 aliphatic carbocycles. The van der Waals surface area contributed by atoms with Gasteiger partial charge in [0.2, 0.25) is 0 Å². The van der Waals surface area contributed by atoms with Gasteiger partial charge < -0.3 is 5.11 Å². The Bertz CT molecular complexity index is 550. The molecule has 0 radical (unpaired) electrons. The van der Waals surface area contributed by atoms with E-state index in [0.29, 0.717) is 5.82 Å². The van der Waals surface area contributed by atoms with Gasteiger partial charge in [0.1, 0.15) is 0 Å². The second kappa shape index (κ2) is 5.03. The lowest BCUT2D eigenvalue weighted by Gasteiger charge is -2.00. The van der Waals surface area contributed by atoms with Crippen molar-refractivity contribution in [3.63, 3.8) is 0 Å². The Hall–Kier alpha value is -2.49. The van der Waals surface area contributed by atoms with Crippen LogP contribution in [0.1, 0.15) is 5.82 Å². The van der Waals surface area contributed by atoms with Gasteiger partial charge in [-0.1, -0.05) is 30.3 Å². The van der Waals surface area contributed by atoms with E-state index in [-0.39, 0.29) is 0 Å². The number of hydrogen-bond acceptors (Lipinski definition) is 3. The van der Waals surface area contributed by atoms with Crippen molar-refractivity contribution in [3.05, 3.63) is 54.5 Å². The van der Waals surface area contributed by atoms with Crippen molar-refractivity contribution in [2.45, 2.75) is 0 Å². The van der Waals surface area contributed by atoms with E-state index < -0.39 is 5.97 Å². The summed E-state index contributed by atoms with van der Waals surface area (Å²) in [6.07, 6.45) is 4.00. The van der Waals surface area contributed by atoms with Crippen LogP contribution in [0.3, 0.4) is 0 Å². The third-order valence-electron chi connectivity index (χ3n) is 2.12. The zero-order valence-electron chi connectivity index (χ0n) is 8.95. The summed E-state index contributed by atoms with van der Waals surface area (Å²) in [5.41, 5.74) is 1.74. The van der Waals surface area contributed by atoms with Crippen molar-refractivity contribution in [2.75, 3.05) is 0 Å². The van der Waals surface area contributed by atoms with E-state index in [4.69, 9.17) is 5.11 Å². The van der Waals surface area contributed by atoms with Crippen LogP contribution in [0.4, 0.5) is 0 Å². The minimum atomic E-state index is -1.02. The molecule has 0 bridgehead atoms. The lowest BCUT2D eigenvalue weighted by Crippen LogP contribution is -1.92. The number of nitrogens with zero attached hydrogens (tertiary/aromatic N) is 2. The van der Waals surface area contributed by atoms with Gasteiger partial charge in [-0.05, 0) is 12.1 Å². The minimum absolute atomic E-state index is 0.383. The number of carbonyl (C=O) groups is 1. The highest BCUT2D eigenvalue weighted by atomic mass is 16.4. The summed E-state index contributed by atoms with van der Waals surface area (Å²) in [5.74, 6) is -0.632. The van der Waals surface area contributed by atoms with E-state index >= 15 is 0 Å². The van der Waals surface area contributed by atoms with Gasteiger partial charge >= 0.3 is 5.97 Å². The lowest BCUT2D eigenvalue weighted by atomic mass is 10.1. The van der Waals surface area contributed by atoms with Crippen LogP contribution in [-0.4, -0.2) is 21.0 Å². The van der Waals surface area contributed by atoms with Crippen molar-refractivity contribution < 1.29 is 9.90 Å². The largest absolute Gasteiger partial charge is 0.478 e. The molecule has 0 saturated carbocycles. The van der Waals surface area contributed by atoms with Gasteiger partial charge in [-0.25, -0.2) is 14.8 Å². The third-order valence-corrected chi connectivity index (χ3v) is 2.12. The number of carboxylic acid groups (broad SMARTS) is 1. The Balaban J connectivity index is 2.32. The first-order valence-corrected chi connectivity index (χ1v) is 5.05. The topological polar surface area (TPSA) is 63.1 Å². The molecule has 4 heteroatoms. The first-order chi connectivity index (χ1) is 8.25. The molecule has 0 amide bonds. The van der Waals surface area contributed by atoms with Crippen LogP contribution in [0.25, 0.3) is 17.3 Å². The fourth-order valence-electron chi connectivity index (χ4n) is 1.37. The van der Waals surface area contributed by atoms with E-state index in [1.54, 1.807) is 12.3 Å². The summed E-state index contributed by atoms with van der Waals surface area (Å²) in [5, 5.41) is 8.52. The fourth-order valence-corrected chi connectivity index (χ4v) is 1.37. The van der Waals surface area contributed by atoms with E-state index in [1.165, 1.54) is 6.08 Å². The first kappa shape index (κ1) is 11.0. The second-order valence-electron chi connectivity index (χ2n) is 3.34. The molecule has 0 fully saturated rings. The number of carboxylic acids is 1. The Labute approximate surface area is 98.3 Å². The Morgan fingerprint density at radius 3 is 2.65 bits per heavy atom. The monoisotopic (exact) mass is 226 g/mol. The predicted octanol–water partition coefficient (Wildman–Crippen LogP) is 2.24. The van der Waals surface area contributed by atoms with Crippen molar-refractivity contribution in [3.8, 4) is 11.3 Å². The number of aliphatic carboxylic acids is 1. The number of benzene rings is 1. The molecule has 0 atom stereocenters. The standard InChI is InChI=1S/C13H10N2O2/c16-13(17)7-6-12-14-9-8-11(15-12)10-4-2-1-3-5-10/h1-9H,(H,16,17)/b7-6+. The van der Waals surface area contributed by atoms with E-state index in [1.807, 2.05) is 30.3 Å². The summed E-state index contributed by atoms with van der Waals surface area (Å²) in [6.45, 7) is 0. The minimum Gasteiger partial charge on any atom is -0.478 e. The predicted molar refractivity (Wildman–Crippen MR) is 64.1 cm³/mol. The molecule has 1 heterocycles. The van der Waals surface area contributed by atoms with Crippen LogP contribution in [0.5, 0.6) is 0 Å². The number of hydrogen-bond donors (Lipinski definition) is 1. The molecule has 0 unspecified atom stereocenters. The van der Waals surface area contributed by atoms with Crippen LogP contribution in [0.2, 0.25) is 0 Å².